The van der Waals surface area contributed by atoms with Crippen LogP contribution in [0.1, 0.15) is 49.1 Å². The molecule has 8 nitrogen and oxygen atoms in total. The number of hydrogen-bond donors (Lipinski definition) is 0. The number of hydrazone groups is 1. The minimum absolute atomic E-state index is 0.615. The third kappa shape index (κ3) is 4.71. The zero-order valence-corrected chi connectivity index (χ0v) is 22.2. The second kappa shape index (κ2) is 10.2. The molecule has 2 aromatic heterocycles. The van der Waals surface area contributed by atoms with Crippen molar-refractivity contribution in [2.45, 2.75) is 45.6 Å². The first-order valence-electron chi connectivity index (χ1n) is 14.2. The molecule has 2 fully saturated rings. The highest BCUT2D eigenvalue weighted by molar-refractivity contribution is 6.01. The van der Waals surface area contributed by atoms with Gasteiger partial charge < -0.3 is 18.9 Å². The number of imidazole rings is 1. The van der Waals surface area contributed by atoms with Gasteiger partial charge in [0, 0.05) is 37.8 Å². The topological polar surface area (TPSA) is 68.0 Å². The highest BCUT2D eigenvalue weighted by atomic mass is 16.5. The highest BCUT2D eigenvalue weighted by Crippen LogP contribution is 2.37. The van der Waals surface area contributed by atoms with Gasteiger partial charge in [0.15, 0.2) is 11.5 Å². The number of hydrogen-bond acceptors (Lipinski definition) is 7. The summed E-state index contributed by atoms with van der Waals surface area (Å²) in [5.41, 5.74) is 7.87. The van der Waals surface area contributed by atoms with Crippen molar-refractivity contribution in [3.05, 3.63) is 53.4 Å². The molecule has 0 N–H and O–H groups in total. The number of fused-ring (bicyclic) bond motifs is 1. The van der Waals surface area contributed by atoms with Crippen molar-refractivity contribution < 1.29 is 9.47 Å². The van der Waals surface area contributed by atoms with E-state index in [2.05, 4.69) is 57.8 Å². The molecule has 1 saturated heterocycles. The molecule has 0 unspecified atom stereocenters. The molecule has 3 aliphatic heterocycles. The van der Waals surface area contributed by atoms with Gasteiger partial charge in [0.05, 0.1) is 37.8 Å². The highest BCUT2D eigenvalue weighted by Gasteiger charge is 2.29. The second-order valence-electron chi connectivity index (χ2n) is 11.0. The Morgan fingerprint density at radius 1 is 1.00 bits per heavy atom. The first-order chi connectivity index (χ1) is 18.7. The van der Waals surface area contributed by atoms with Crippen molar-refractivity contribution in [2.75, 3.05) is 56.0 Å². The van der Waals surface area contributed by atoms with Crippen LogP contribution >= 0.6 is 0 Å². The van der Waals surface area contributed by atoms with Crippen LogP contribution in [0.2, 0.25) is 0 Å². The lowest BCUT2D eigenvalue weighted by Gasteiger charge is -2.30. The van der Waals surface area contributed by atoms with Crippen molar-refractivity contribution in [1.82, 2.24) is 14.5 Å². The third-order valence-electron chi connectivity index (χ3n) is 8.00. The van der Waals surface area contributed by atoms with Crippen LogP contribution in [0.15, 0.2) is 41.5 Å². The molecule has 0 radical (unpaired) electrons. The Morgan fingerprint density at radius 3 is 2.68 bits per heavy atom. The maximum Gasteiger partial charge on any atom is 0.164 e. The standard InChI is InChI=1S/C30H36N6O2/c1-21-5-2-6-23(17-21)25-8-3-11-36(33-25)27-18-26(34-12-15-37-16-13-34)28-30(31-27)35(19-22-9-10-22)29(32-28)24-7-4-14-38-20-24/h2,5-7,17-18,22H,3-4,8-16,19-20H2,1H3. The lowest BCUT2D eigenvalue weighted by molar-refractivity contribution is 0.123. The maximum absolute atomic E-state index is 5.84. The molecule has 7 rings (SSSR count). The number of anilines is 2. The van der Waals surface area contributed by atoms with Crippen molar-refractivity contribution in [3.8, 4) is 0 Å². The van der Waals surface area contributed by atoms with E-state index in [1.165, 1.54) is 29.5 Å². The maximum atomic E-state index is 5.84. The van der Waals surface area contributed by atoms with Gasteiger partial charge in [-0.1, -0.05) is 35.9 Å². The van der Waals surface area contributed by atoms with Crippen molar-refractivity contribution in [3.63, 3.8) is 0 Å². The SMILES string of the molecule is Cc1cccc(C2=NN(c3cc(N4CCOCC4)c4nc(C5=CCCOC5)n(CC5CC5)c4n3)CCC2)c1. The molecule has 3 aromatic rings. The summed E-state index contributed by atoms with van der Waals surface area (Å²) in [5.74, 6) is 2.63. The minimum atomic E-state index is 0.615. The molecule has 198 valence electrons. The van der Waals surface area contributed by atoms with Crippen molar-refractivity contribution in [2.24, 2.45) is 11.0 Å². The van der Waals surface area contributed by atoms with Crippen LogP contribution in [0.4, 0.5) is 11.5 Å². The summed E-state index contributed by atoms with van der Waals surface area (Å²) in [6.07, 6.45) is 7.82. The van der Waals surface area contributed by atoms with Crippen molar-refractivity contribution in [1.29, 1.82) is 0 Å². The average Bonchev–Trinajstić information content (AvgIpc) is 3.73. The molecule has 1 aromatic carbocycles. The predicted molar refractivity (Wildman–Crippen MR) is 151 cm³/mol. The first-order valence-corrected chi connectivity index (χ1v) is 14.2. The van der Waals surface area contributed by atoms with Crippen molar-refractivity contribution >= 4 is 34.0 Å². The van der Waals surface area contributed by atoms with Crippen LogP contribution in [-0.4, -0.2) is 66.3 Å². The Balaban J connectivity index is 1.37. The Bertz CT molecular complexity index is 1400. The number of nitrogens with zero attached hydrogens (tertiary/aromatic N) is 6. The van der Waals surface area contributed by atoms with Gasteiger partial charge in [0.1, 0.15) is 11.3 Å². The first kappa shape index (κ1) is 23.9. The van der Waals surface area contributed by atoms with Gasteiger partial charge in [0.25, 0.3) is 0 Å². The Morgan fingerprint density at radius 2 is 1.89 bits per heavy atom. The molecular formula is C30H36N6O2. The minimum Gasteiger partial charge on any atom is -0.378 e. The summed E-state index contributed by atoms with van der Waals surface area (Å²) < 4.78 is 13.9. The molecule has 4 aliphatic rings. The summed E-state index contributed by atoms with van der Waals surface area (Å²) in [6.45, 7) is 8.52. The molecule has 1 saturated carbocycles. The fourth-order valence-corrected chi connectivity index (χ4v) is 5.76. The largest absolute Gasteiger partial charge is 0.378 e. The summed E-state index contributed by atoms with van der Waals surface area (Å²) in [4.78, 5) is 13.0. The summed E-state index contributed by atoms with van der Waals surface area (Å²) in [7, 11) is 0. The lowest BCUT2D eigenvalue weighted by atomic mass is 10.0. The molecule has 8 heteroatoms. The third-order valence-corrected chi connectivity index (χ3v) is 8.00. The molecule has 0 bridgehead atoms. The van der Waals surface area contributed by atoms with E-state index < -0.39 is 0 Å². The average molecular weight is 513 g/mol. The van der Waals surface area contributed by atoms with Crippen LogP contribution in [-0.2, 0) is 16.0 Å². The number of aromatic nitrogens is 3. The number of pyridine rings is 1. The molecule has 38 heavy (non-hydrogen) atoms. The molecule has 0 spiro atoms. The van der Waals surface area contributed by atoms with Crippen LogP contribution in [0.25, 0.3) is 16.7 Å². The van der Waals surface area contributed by atoms with E-state index >= 15 is 0 Å². The summed E-state index contributed by atoms with van der Waals surface area (Å²) in [5, 5.41) is 7.25. The van der Waals surface area contributed by atoms with E-state index in [0.29, 0.717) is 12.5 Å². The summed E-state index contributed by atoms with van der Waals surface area (Å²) >= 11 is 0. The van der Waals surface area contributed by atoms with E-state index in [9.17, 15) is 0 Å². The zero-order valence-electron chi connectivity index (χ0n) is 22.2. The van der Waals surface area contributed by atoms with E-state index in [0.717, 1.165) is 99.5 Å². The fraction of sp³-hybridized carbons (Fsp3) is 0.500. The monoisotopic (exact) mass is 512 g/mol. The van der Waals surface area contributed by atoms with E-state index in [-0.39, 0.29) is 0 Å². The molecule has 1 aliphatic carbocycles. The molecule has 0 atom stereocenters. The van der Waals surface area contributed by atoms with Crippen LogP contribution < -0.4 is 9.91 Å². The van der Waals surface area contributed by atoms with Crippen LogP contribution in [0.5, 0.6) is 0 Å². The zero-order chi connectivity index (χ0) is 25.5. The normalized spacial score (nSPS) is 20.6. The van der Waals surface area contributed by atoms with E-state index in [1.807, 2.05) is 0 Å². The van der Waals surface area contributed by atoms with Gasteiger partial charge in [0.2, 0.25) is 0 Å². The second-order valence-corrected chi connectivity index (χ2v) is 11.0. The number of morpholine rings is 1. The van der Waals surface area contributed by atoms with Gasteiger partial charge in [-0.05, 0) is 50.5 Å². The van der Waals surface area contributed by atoms with Gasteiger partial charge in [-0.2, -0.15) is 5.10 Å². The lowest BCUT2D eigenvalue weighted by Crippen LogP contribution is -2.36. The number of ether oxygens (including phenoxy) is 2. The van der Waals surface area contributed by atoms with Gasteiger partial charge in [-0.15, -0.1) is 0 Å². The Labute approximate surface area is 223 Å². The Hall–Kier alpha value is -3.23. The number of rotatable bonds is 6. The van der Waals surface area contributed by atoms with E-state index in [1.54, 1.807) is 0 Å². The van der Waals surface area contributed by atoms with Crippen LogP contribution in [0.3, 0.4) is 0 Å². The molecular weight excluding hydrogens is 476 g/mol. The predicted octanol–water partition coefficient (Wildman–Crippen LogP) is 4.79. The molecule has 5 heterocycles. The smallest absolute Gasteiger partial charge is 0.164 e. The van der Waals surface area contributed by atoms with Gasteiger partial charge in [-0.25, -0.2) is 15.0 Å². The Kier molecular flexibility index (Phi) is 6.37. The number of benzene rings is 1. The van der Waals surface area contributed by atoms with Crippen LogP contribution in [0, 0.1) is 12.8 Å². The summed E-state index contributed by atoms with van der Waals surface area (Å²) in [6, 6.07) is 10.9. The molecule has 0 amide bonds. The fourth-order valence-electron chi connectivity index (χ4n) is 5.76. The number of aryl methyl sites for hydroxylation is 1. The van der Waals surface area contributed by atoms with Gasteiger partial charge >= 0.3 is 0 Å². The van der Waals surface area contributed by atoms with E-state index in [4.69, 9.17) is 24.5 Å². The quantitative estimate of drug-likeness (QED) is 0.473. The van der Waals surface area contributed by atoms with Gasteiger partial charge in [-0.3, -0.25) is 0 Å².